The van der Waals surface area contributed by atoms with Crippen LogP contribution in [-0.2, 0) is 10.3 Å². The van der Waals surface area contributed by atoms with E-state index in [0.29, 0.717) is 14.0 Å². The molecule has 0 amide bonds. The van der Waals surface area contributed by atoms with E-state index in [0.717, 1.165) is 18.2 Å². The van der Waals surface area contributed by atoms with E-state index in [1.54, 1.807) is 13.8 Å². The van der Waals surface area contributed by atoms with Gasteiger partial charge in [0.25, 0.3) is 0 Å². The van der Waals surface area contributed by atoms with Crippen LogP contribution in [0.2, 0.25) is 0 Å². The minimum atomic E-state index is -8.68. The van der Waals surface area contributed by atoms with E-state index in [-0.39, 0.29) is 18.3 Å². The van der Waals surface area contributed by atoms with Crippen LogP contribution in [0.15, 0.2) is 24.3 Å². The molecule has 0 aliphatic heterocycles. The molecule has 0 spiro atoms. The van der Waals surface area contributed by atoms with E-state index >= 15 is 0 Å². The first-order chi connectivity index (χ1) is 17.9. The molecule has 0 radical (unpaired) electrons. The van der Waals surface area contributed by atoms with E-state index in [9.17, 15) is 74.6 Å². The quantitative estimate of drug-likeness (QED) is 0.201. The summed E-state index contributed by atoms with van der Waals surface area (Å²) < 4.78 is 241. The minimum absolute atomic E-state index is 0.153. The van der Waals surface area contributed by atoms with Crippen LogP contribution in [0.3, 0.4) is 0 Å². The van der Waals surface area contributed by atoms with Crippen LogP contribution in [0.5, 0.6) is 5.75 Å². The summed E-state index contributed by atoms with van der Waals surface area (Å²) in [5.41, 5.74) is -3.50. The maximum atomic E-state index is 14.7. The molecule has 1 atom stereocenters. The molecular weight excluding hydrogens is 619 g/mol. The summed E-state index contributed by atoms with van der Waals surface area (Å²) in [6.07, 6.45) is -10.6. The number of para-hydroxylation sites is 1. The predicted molar refractivity (Wildman–Crippen MR) is 106 cm³/mol. The van der Waals surface area contributed by atoms with Crippen LogP contribution in [0.1, 0.15) is 32.8 Å². The van der Waals surface area contributed by atoms with Crippen LogP contribution < -0.4 is 4.74 Å². The summed E-state index contributed by atoms with van der Waals surface area (Å²) in [6, 6.07) is 4.21. The number of rotatable bonds is 13. The van der Waals surface area contributed by atoms with Crippen LogP contribution >= 0.6 is 0 Å². The second-order valence-electron chi connectivity index (χ2n) is 9.46. The Bertz CT molecular complexity index is 1050. The lowest BCUT2D eigenvalue weighted by Crippen LogP contribution is -2.74. The zero-order valence-electron chi connectivity index (χ0n) is 21.0. The van der Waals surface area contributed by atoms with E-state index < -0.39 is 65.2 Å². The summed E-state index contributed by atoms with van der Waals surface area (Å²) >= 11 is 0. The van der Waals surface area contributed by atoms with Crippen LogP contribution in [0.4, 0.5) is 74.6 Å². The third-order valence-corrected chi connectivity index (χ3v) is 5.83. The summed E-state index contributed by atoms with van der Waals surface area (Å²) in [4.78, 5) is 0. The smallest absolute Gasteiger partial charge is 0.460 e. The molecule has 0 bridgehead atoms. The topological polar surface area (TPSA) is 18.5 Å². The van der Waals surface area contributed by atoms with E-state index in [1.165, 1.54) is 6.07 Å². The van der Waals surface area contributed by atoms with Crippen molar-refractivity contribution < 1.29 is 84.1 Å². The highest BCUT2D eigenvalue weighted by Gasteiger charge is 2.95. The summed E-state index contributed by atoms with van der Waals surface area (Å²) in [7, 11) is 0.536. The van der Waals surface area contributed by atoms with E-state index in [1.807, 2.05) is 0 Å². The molecule has 0 N–H and O–H groups in total. The molecule has 0 aliphatic carbocycles. The van der Waals surface area contributed by atoms with Crippen molar-refractivity contribution in [1.29, 1.82) is 0 Å². The molecule has 2 nitrogen and oxygen atoms in total. The molecule has 1 unspecified atom stereocenters. The van der Waals surface area contributed by atoms with Crippen LogP contribution in [0.25, 0.3) is 0 Å². The number of benzene rings is 1. The van der Waals surface area contributed by atoms with Gasteiger partial charge in [0.1, 0.15) is 5.75 Å². The highest BCUT2D eigenvalue weighted by Crippen LogP contribution is 2.64. The van der Waals surface area contributed by atoms with Gasteiger partial charge >= 0.3 is 47.6 Å². The summed E-state index contributed by atoms with van der Waals surface area (Å²) in [5.74, 6) is -57.5. The predicted octanol–water partition coefficient (Wildman–Crippen LogP) is 8.98. The van der Waals surface area contributed by atoms with Gasteiger partial charge in [0.15, 0.2) is 0 Å². The van der Waals surface area contributed by atoms with Crippen LogP contribution in [-0.4, -0.2) is 61.4 Å². The lowest BCUT2D eigenvalue weighted by molar-refractivity contribution is -0.462. The molecule has 0 saturated heterocycles. The van der Waals surface area contributed by atoms with E-state index in [2.05, 4.69) is 4.74 Å². The van der Waals surface area contributed by atoms with Gasteiger partial charge in [-0.15, -0.1) is 0 Å². The second-order valence-corrected chi connectivity index (χ2v) is 9.46. The molecule has 0 saturated carbocycles. The molecule has 0 heterocycles. The highest BCUT2D eigenvalue weighted by molar-refractivity contribution is 5.38. The molecule has 0 aromatic heterocycles. The van der Waals surface area contributed by atoms with Crippen molar-refractivity contribution >= 4 is 0 Å². The average molecular weight is 640 g/mol. The first-order valence-electron chi connectivity index (χ1n) is 10.9. The van der Waals surface area contributed by atoms with Gasteiger partial charge in [-0.3, -0.25) is 0 Å². The number of hydrogen-bond donors (Lipinski definition) is 0. The van der Waals surface area contributed by atoms with Gasteiger partial charge in [-0.05, 0) is 18.9 Å². The number of hydrogen-bond acceptors (Lipinski definition) is 2. The average Bonchev–Trinajstić information content (AvgIpc) is 2.81. The Morgan fingerprint density at radius 2 is 1.00 bits per heavy atom. The Hall–Kier alpha value is -2.21. The minimum Gasteiger partial charge on any atom is -0.493 e. The fourth-order valence-corrected chi connectivity index (χ4v) is 3.29. The van der Waals surface area contributed by atoms with Gasteiger partial charge in [0, 0.05) is 12.7 Å². The third-order valence-electron chi connectivity index (χ3n) is 5.83. The Kier molecular flexibility index (Phi) is 9.71. The molecule has 240 valence electrons. The Labute approximate surface area is 220 Å². The summed E-state index contributed by atoms with van der Waals surface area (Å²) in [6.45, 7) is 3.55. The van der Waals surface area contributed by atoms with Crippen molar-refractivity contribution in [2.45, 2.75) is 80.4 Å². The monoisotopic (exact) mass is 640 g/mol. The Morgan fingerprint density at radius 3 is 1.39 bits per heavy atom. The largest absolute Gasteiger partial charge is 0.493 e. The van der Waals surface area contributed by atoms with Gasteiger partial charge in [-0.1, -0.05) is 32.0 Å². The number of methoxy groups -OCH3 is 1. The van der Waals surface area contributed by atoms with Crippen LogP contribution in [0, 0.1) is 5.92 Å². The van der Waals surface area contributed by atoms with E-state index in [4.69, 9.17) is 4.74 Å². The lowest BCUT2D eigenvalue weighted by atomic mass is 9.83. The SMILES string of the molecule is COC(C)(CC(F)(F)C(F)(F)C(F)(F)C(F)(F)C(F)(F)C(F)(F)C(F)(F)C(F)(F)F)c1ccccc1OCC(C)C. The van der Waals surface area contributed by atoms with Crippen molar-refractivity contribution in [2.24, 2.45) is 5.92 Å². The molecular formula is C22H21F17O2. The number of ether oxygens (including phenoxy) is 2. The fourth-order valence-electron chi connectivity index (χ4n) is 3.29. The van der Waals surface area contributed by atoms with Crippen molar-refractivity contribution in [3.05, 3.63) is 29.8 Å². The van der Waals surface area contributed by atoms with Crippen molar-refractivity contribution in [2.75, 3.05) is 13.7 Å². The standard InChI is InChI=1S/C22H21F17O2/c1-11(2)9-41-13-8-6-5-7-12(13)14(3,40-4)10-15(23,24)16(25,26)17(27,28)18(29,30)19(31,32)20(33,34)21(35,36)22(37,38)39/h5-8,11H,9-10H2,1-4H3. The van der Waals surface area contributed by atoms with Gasteiger partial charge in [-0.25, -0.2) is 0 Å². The van der Waals surface area contributed by atoms with Crippen molar-refractivity contribution in [1.82, 2.24) is 0 Å². The van der Waals surface area contributed by atoms with Gasteiger partial charge in [0.2, 0.25) is 0 Å². The first-order valence-corrected chi connectivity index (χ1v) is 10.9. The number of alkyl halides is 17. The Balaban J connectivity index is 3.69. The molecule has 1 rings (SSSR count). The molecule has 19 heteroatoms. The zero-order valence-corrected chi connectivity index (χ0v) is 21.0. The molecule has 0 aliphatic rings. The maximum absolute atomic E-state index is 14.7. The molecule has 1 aromatic carbocycles. The maximum Gasteiger partial charge on any atom is 0.460 e. The molecule has 0 fully saturated rings. The second kappa shape index (κ2) is 10.8. The molecule has 1 aromatic rings. The lowest BCUT2D eigenvalue weighted by Gasteiger charge is -2.44. The first kappa shape index (κ1) is 36.8. The zero-order chi connectivity index (χ0) is 32.9. The third kappa shape index (κ3) is 5.75. The molecule has 41 heavy (non-hydrogen) atoms. The van der Waals surface area contributed by atoms with Gasteiger partial charge < -0.3 is 9.47 Å². The number of halogens is 17. The highest BCUT2D eigenvalue weighted by atomic mass is 19.4. The Morgan fingerprint density at radius 1 is 0.610 bits per heavy atom. The fraction of sp³-hybridized carbons (Fsp3) is 0.727. The summed E-state index contributed by atoms with van der Waals surface area (Å²) in [5, 5.41) is 0. The van der Waals surface area contributed by atoms with Crippen molar-refractivity contribution in [3.63, 3.8) is 0 Å². The normalized spacial score (nSPS) is 16.6. The van der Waals surface area contributed by atoms with Gasteiger partial charge in [0.05, 0.1) is 18.6 Å². The van der Waals surface area contributed by atoms with Gasteiger partial charge in [-0.2, -0.15) is 74.6 Å². The van der Waals surface area contributed by atoms with Crippen molar-refractivity contribution in [3.8, 4) is 5.75 Å².